The fraction of sp³-hybridized carbons (Fsp3) is 0.529. The van der Waals surface area contributed by atoms with Crippen molar-refractivity contribution in [2.75, 3.05) is 45.9 Å². The van der Waals surface area contributed by atoms with Gasteiger partial charge >= 0.3 is 0 Å². The number of piperazine rings is 1. The molecule has 0 atom stereocenters. The predicted octanol–water partition coefficient (Wildman–Crippen LogP) is 2.47. The smallest absolute Gasteiger partial charge is 0.219 e. The van der Waals surface area contributed by atoms with Gasteiger partial charge in [-0.3, -0.25) is 4.79 Å². The van der Waals surface area contributed by atoms with Crippen LogP contribution in [-0.4, -0.2) is 67.5 Å². The molecule has 0 spiro atoms. The molecule has 0 bridgehead atoms. The average molecular weight is 481 g/mol. The van der Waals surface area contributed by atoms with Gasteiger partial charge in [-0.25, -0.2) is 4.99 Å². The first-order valence-electron chi connectivity index (χ1n) is 8.28. The van der Waals surface area contributed by atoms with Crippen LogP contribution in [0.1, 0.15) is 13.8 Å². The zero-order chi connectivity index (χ0) is 17.4. The Morgan fingerprint density at radius 2 is 1.88 bits per heavy atom. The summed E-state index contributed by atoms with van der Waals surface area (Å²) in [6.07, 6.45) is 0. The maximum absolute atomic E-state index is 11.4. The van der Waals surface area contributed by atoms with Crippen molar-refractivity contribution in [3.63, 3.8) is 0 Å². The van der Waals surface area contributed by atoms with Crippen molar-refractivity contribution >= 4 is 47.4 Å². The molecule has 1 aromatic rings. The van der Waals surface area contributed by atoms with Gasteiger partial charge in [0.05, 0.1) is 11.6 Å². The number of halogens is 2. The first-order chi connectivity index (χ1) is 11.6. The molecule has 1 aliphatic rings. The van der Waals surface area contributed by atoms with E-state index in [0.717, 1.165) is 38.7 Å². The summed E-state index contributed by atoms with van der Waals surface area (Å²) >= 11 is 6.06. The van der Waals surface area contributed by atoms with Crippen LogP contribution in [0.15, 0.2) is 29.3 Å². The number of para-hydroxylation sites is 1. The summed E-state index contributed by atoms with van der Waals surface area (Å²) in [5, 5.41) is 3.90. The predicted molar refractivity (Wildman–Crippen MR) is 112 cm³/mol. The number of benzene rings is 1. The highest BCUT2D eigenvalue weighted by Gasteiger charge is 2.20. The molecule has 0 aromatic heterocycles. The molecular weight excluding hydrogens is 455 g/mol. The summed E-state index contributed by atoms with van der Waals surface area (Å²) in [5.74, 6) is 1.67. The van der Waals surface area contributed by atoms with Crippen LogP contribution in [0.5, 0.6) is 5.75 Å². The molecule has 2 rings (SSSR count). The monoisotopic (exact) mass is 480 g/mol. The number of amides is 1. The van der Waals surface area contributed by atoms with Crippen LogP contribution >= 0.6 is 35.6 Å². The van der Waals surface area contributed by atoms with Gasteiger partial charge in [0.2, 0.25) is 5.91 Å². The number of nitrogens with zero attached hydrogens (tertiary/aromatic N) is 3. The van der Waals surface area contributed by atoms with Gasteiger partial charge in [-0.1, -0.05) is 23.7 Å². The molecule has 1 aromatic carbocycles. The summed E-state index contributed by atoms with van der Waals surface area (Å²) in [6.45, 7) is 8.51. The number of rotatable bonds is 5. The van der Waals surface area contributed by atoms with Crippen molar-refractivity contribution in [2.45, 2.75) is 13.8 Å². The van der Waals surface area contributed by atoms with Crippen LogP contribution in [0, 0.1) is 0 Å². The van der Waals surface area contributed by atoms with Crippen molar-refractivity contribution in [1.29, 1.82) is 0 Å². The minimum absolute atomic E-state index is 0. The molecule has 6 nitrogen and oxygen atoms in total. The van der Waals surface area contributed by atoms with Crippen LogP contribution in [0.25, 0.3) is 0 Å². The molecular formula is C17H26ClIN4O2. The lowest BCUT2D eigenvalue weighted by molar-refractivity contribution is -0.130. The van der Waals surface area contributed by atoms with Crippen molar-refractivity contribution < 1.29 is 9.53 Å². The Morgan fingerprint density at radius 1 is 1.24 bits per heavy atom. The third-order valence-electron chi connectivity index (χ3n) is 3.81. The van der Waals surface area contributed by atoms with Crippen LogP contribution in [0.3, 0.4) is 0 Å². The van der Waals surface area contributed by atoms with Gasteiger partial charge < -0.3 is 19.9 Å². The van der Waals surface area contributed by atoms with Crippen molar-refractivity contribution in [3.05, 3.63) is 29.3 Å². The van der Waals surface area contributed by atoms with Crippen LogP contribution in [0.4, 0.5) is 0 Å². The molecule has 0 unspecified atom stereocenters. The summed E-state index contributed by atoms with van der Waals surface area (Å²) in [6, 6.07) is 7.41. The van der Waals surface area contributed by atoms with E-state index in [9.17, 15) is 4.79 Å². The van der Waals surface area contributed by atoms with Gasteiger partial charge in [-0.05, 0) is 19.1 Å². The molecule has 1 fully saturated rings. The lowest BCUT2D eigenvalue weighted by Crippen LogP contribution is -2.53. The van der Waals surface area contributed by atoms with E-state index in [1.807, 2.05) is 30.0 Å². The maximum Gasteiger partial charge on any atom is 0.219 e. The number of carbonyl (C=O) groups is 1. The van der Waals surface area contributed by atoms with E-state index in [1.165, 1.54) is 0 Å². The van der Waals surface area contributed by atoms with Crippen molar-refractivity contribution in [1.82, 2.24) is 15.1 Å². The number of aliphatic imine (C=N–C) groups is 1. The summed E-state index contributed by atoms with van der Waals surface area (Å²) in [7, 11) is 0. The number of hydrogen-bond acceptors (Lipinski definition) is 3. The highest BCUT2D eigenvalue weighted by atomic mass is 127. The Morgan fingerprint density at radius 3 is 2.48 bits per heavy atom. The molecule has 8 heteroatoms. The standard InChI is InChI=1S/C17H25ClN4O2.HI/c1-3-19-17(22-11-9-21(10-12-22)14(2)23)20-8-13-24-16-7-5-4-6-15(16)18;/h4-7H,3,8-13H2,1-2H3,(H,19,20);1H. The van der Waals surface area contributed by atoms with E-state index in [2.05, 4.69) is 15.2 Å². The van der Waals surface area contributed by atoms with Crippen molar-refractivity contribution in [3.8, 4) is 5.75 Å². The topological polar surface area (TPSA) is 57.2 Å². The van der Waals surface area contributed by atoms with Gasteiger partial charge in [-0.15, -0.1) is 24.0 Å². The fourth-order valence-corrected chi connectivity index (χ4v) is 2.72. The third-order valence-corrected chi connectivity index (χ3v) is 4.12. The number of nitrogens with one attached hydrogen (secondary N) is 1. The van der Waals surface area contributed by atoms with Crippen LogP contribution < -0.4 is 10.1 Å². The van der Waals surface area contributed by atoms with Crippen molar-refractivity contribution in [2.24, 2.45) is 4.99 Å². The average Bonchev–Trinajstić information content (AvgIpc) is 2.59. The quantitative estimate of drug-likeness (QED) is 0.304. The lowest BCUT2D eigenvalue weighted by atomic mass is 10.3. The van der Waals surface area contributed by atoms with E-state index in [0.29, 0.717) is 23.9 Å². The highest BCUT2D eigenvalue weighted by Crippen LogP contribution is 2.22. The Hall–Kier alpha value is -1.22. The van der Waals surface area contributed by atoms with Gasteiger partial charge in [0.25, 0.3) is 0 Å². The Balaban J connectivity index is 0.00000312. The zero-order valence-electron chi connectivity index (χ0n) is 14.7. The Kier molecular flexibility index (Phi) is 9.96. The fourth-order valence-electron chi connectivity index (χ4n) is 2.53. The van der Waals surface area contributed by atoms with Gasteiger partial charge in [0.1, 0.15) is 12.4 Å². The first kappa shape index (κ1) is 21.8. The van der Waals surface area contributed by atoms with E-state index in [4.69, 9.17) is 16.3 Å². The van der Waals surface area contributed by atoms with E-state index in [1.54, 1.807) is 13.0 Å². The number of guanidine groups is 1. The molecule has 0 aliphatic carbocycles. The van der Waals surface area contributed by atoms with Gasteiger partial charge in [-0.2, -0.15) is 0 Å². The highest BCUT2D eigenvalue weighted by molar-refractivity contribution is 14.0. The molecule has 0 radical (unpaired) electrons. The Bertz CT molecular complexity index is 578. The first-order valence-corrected chi connectivity index (χ1v) is 8.65. The number of carbonyl (C=O) groups excluding carboxylic acids is 1. The van der Waals surface area contributed by atoms with E-state index < -0.39 is 0 Å². The third kappa shape index (κ3) is 6.89. The number of hydrogen-bond donors (Lipinski definition) is 1. The van der Waals surface area contributed by atoms with E-state index >= 15 is 0 Å². The largest absolute Gasteiger partial charge is 0.490 e. The minimum atomic E-state index is 0. The second kappa shape index (κ2) is 11.4. The second-order valence-electron chi connectivity index (χ2n) is 5.51. The molecule has 25 heavy (non-hydrogen) atoms. The summed E-state index contributed by atoms with van der Waals surface area (Å²) in [4.78, 5) is 20.1. The molecule has 140 valence electrons. The Labute approximate surface area is 171 Å². The lowest BCUT2D eigenvalue weighted by Gasteiger charge is -2.36. The summed E-state index contributed by atoms with van der Waals surface area (Å²) < 4.78 is 5.66. The SMILES string of the molecule is CCNC(=NCCOc1ccccc1Cl)N1CCN(C(C)=O)CC1.I. The maximum atomic E-state index is 11.4. The summed E-state index contributed by atoms with van der Waals surface area (Å²) in [5.41, 5.74) is 0. The molecule has 1 heterocycles. The number of ether oxygens (including phenoxy) is 1. The normalized spacial score (nSPS) is 14.8. The van der Waals surface area contributed by atoms with Crippen LogP contribution in [-0.2, 0) is 4.79 Å². The zero-order valence-corrected chi connectivity index (χ0v) is 17.8. The van der Waals surface area contributed by atoms with E-state index in [-0.39, 0.29) is 29.9 Å². The van der Waals surface area contributed by atoms with Crippen LogP contribution in [0.2, 0.25) is 5.02 Å². The molecule has 0 saturated carbocycles. The minimum Gasteiger partial charge on any atom is -0.490 e. The second-order valence-corrected chi connectivity index (χ2v) is 5.91. The van der Waals surface area contributed by atoms with Gasteiger partial charge in [0.15, 0.2) is 5.96 Å². The molecule has 1 N–H and O–H groups in total. The molecule has 1 saturated heterocycles. The molecule has 1 aliphatic heterocycles. The molecule has 1 amide bonds. The van der Waals surface area contributed by atoms with Gasteiger partial charge in [0, 0.05) is 39.6 Å².